The number of ether oxygens (including phenoxy) is 1. The number of hydrogen-bond acceptors (Lipinski definition) is 1. The fourth-order valence-electron chi connectivity index (χ4n) is 2.75. The molecule has 1 heterocycles. The highest BCUT2D eigenvalue weighted by atomic mass is 79.9. The van der Waals surface area contributed by atoms with Crippen LogP contribution in [0.2, 0.25) is 0 Å². The van der Waals surface area contributed by atoms with Crippen molar-refractivity contribution in [2.24, 2.45) is 11.8 Å². The van der Waals surface area contributed by atoms with Gasteiger partial charge in [0.05, 0.1) is 13.2 Å². The lowest BCUT2D eigenvalue weighted by Crippen LogP contribution is -2.44. The lowest BCUT2D eigenvalue weighted by atomic mass is 9.64. The predicted octanol–water partition coefficient (Wildman–Crippen LogP) is 2.81. The molecule has 1 unspecified atom stereocenters. The van der Waals surface area contributed by atoms with Gasteiger partial charge in [-0.05, 0) is 11.5 Å². The Hall–Kier alpha value is -0.340. The molecule has 74 valence electrons. The molecule has 1 aromatic carbocycles. The van der Waals surface area contributed by atoms with Gasteiger partial charge in [-0.25, -0.2) is 0 Å². The maximum absolute atomic E-state index is 5.52. The third-order valence-corrected chi connectivity index (χ3v) is 4.82. The first-order valence-electron chi connectivity index (χ1n) is 5.14. The van der Waals surface area contributed by atoms with E-state index in [0.29, 0.717) is 10.7 Å². The minimum Gasteiger partial charge on any atom is -0.381 e. The standard InChI is InChI=1S/C12H13BrO/c13-12-10-7-14-6-9(10)11(12)8-4-2-1-3-5-8/h1-5,9-12H,6-7H2/t9-,10+,11?,12-/m1/s1. The van der Waals surface area contributed by atoms with Gasteiger partial charge < -0.3 is 4.74 Å². The summed E-state index contributed by atoms with van der Waals surface area (Å²) in [6, 6.07) is 10.8. The number of benzene rings is 1. The second-order valence-corrected chi connectivity index (χ2v) is 5.30. The first kappa shape index (κ1) is 8.93. The molecule has 1 aromatic rings. The monoisotopic (exact) mass is 252 g/mol. The van der Waals surface area contributed by atoms with Crippen molar-refractivity contribution in [2.75, 3.05) is 13.2 Å². The molecule has 1 nitrogen and oxygen atoms in total. The van der Waals surface area contributed by atoms with Crippen molar-refractivity contribution in [3.8, 4) is 0 Å². The van der Waals surface area contributed by atoms with Crippen molar-refractivity contribution >= 4 is 15.9 Å². The quantitative estimate of drug-likeness (QED) is 0.699. The molecule has 0 aromatic heterocycles. The van der Waals surface area contributed by atoms with Crippen LogP contribution in [0.3, 0.4) is 0 Å². The molecule has 1 aliphatic carbocycles. The molecular formula is C12H13BrO. The Morgan fingerprint density at radius 3 is 2.57 bits per heavy atom. The van der Waals surface area contributed by atoms with E-state index in [-0.39, 0.29) is 0 Å². The highest BCUT2D eigenvalue weighted by Gasteiger charge is 2.52. The third-order valence-electron chi connectivity index (χ3n) is 3.57. The van der Waals surface area contributed by atoms with Gasteiger partial charge in [0.25, 0.3) is 0 Å². The van der Waals surface area contributed by atoms with Crippen molar-refractivity contribution in [1.29, 1.82) is 0 Å². The van der Waals surface area contributed by atoms with Gasteiger partial charge in [0.1, 0.15) is 0 Å². The van der Waals surface area contributed by atoms with Crippen molar-refractivity contribution < 1.29 is 4.74 Å². The summed E-state index contributed by atoms with van der Waals surface area (Å²) in [4.78, 5) is 0.623. The zero-order valence-corrected chi connectivity index (χ0v) is 9.48. The Balaban J connectivity index is 1.87. The molecule has 2 aliphatic rings. The molecule has 1 saturated heterocycles. The van der Waals surface area contributed by atoms with E-state index in [1.807, 2.05) is 0 Å². The molecule has 1 saturated carbocycles. The smallest absolute Gasteiger partial charge is 0.0509 e. The van der Waals surface area contributed by atoms with Crippen LogP contribution in [0, 0.1) is 11.8 Å². The van der Waals surface area contributed by atoms with Crippen LogP contribution >= 0.6 is 15.9 Å². The van der Waals surface area contributed by atoms with E-state index in [1.54, 1.807) is 0 Å². The van der Waals surface area contributed by atoms with Gasteiger partial charge in [-0.2, -0.15) is 0 Å². The Labute approximate surface area is 92.6 Å². The SMILES string of the molecule is Br[C@H]1C(c2ccccc2)[C@@H]2COC[C@H]12. The minimum atomic E-state index is 0.623. The Morgan fingerprint density at radius 2 is 1.79 bits per heavy atom. The molecule has 14 heavy (non-hydrogen) atoms. The molecule has 0 spiro atoms. The summed E-state index contributed by atoms with van der Waals surface area (Å²) in [5.74, 6) is 2.17. The maximum Gasteiger partial charge on any atom is 0.0509 e. The van der Waals surface area contributed by atoms with Crippen LogP contribution in [0.5, 0.6) is 0 Å². The van der Waals surface area contributed by atoms with Gasteiger partial charge in [0.2, 0.25) is 0 Å². The second kappa shape index (κ2) is 3.35. The number of hydrogen-bond donors (Lipinski definition) is 0. The molecule has 4 atom stereocenters. The lowest BCUT2D eigenvalue weighted by Gasteiger charge is -2.44. The second-order valence-electron chi connectivity index (χ2n) is 4.25. The number of alkyl halides is 1. The van der Waals surface area contributed by atoms with E-state index in [9.17, 15) is 0 Å². The van der Waals surface area contributed by atoms with Crippen LogP contribution in [0.25, 0.3) is 0 Å². The van der Waals surface area contributed by atoms with Crippen LogP contribution in [-0.2, 0) is 4.74 Å². The summed E-state index contributed by atoms with van der Waals surface area (Å²) in [6.45, 7) is 1.90. The van der Waals surface area contributed by atoms with E-state index in [2.05, 4.69) is 46.3 Å². The zero-order chi connectivity index (χ0) is 9.54. The molecule has 1 aliphatic heterocycles. The van der Waals surface area contributed by atoms with Crippen molar-refractivity contribution in [2.45, 2.75) is 10.7 Å². The van der Waals surface area contributed by atoms with E-state index >= 15 is 0 Å². The van der Waals surface area contributed by atoms with Crippen LogP contribution in [0.15, 0.2) is 30.3 Å². The summed E-state index contributed by atoms with van der Waals surface area (Å²) < 4.78 is 5.52. The summed E-state index contributed by atoms with van der Waals surface area (Å²) in [7, 11) is 0. The van der Waals surface area contributed by atoms with Crippen LogP contribution in [0.1, 0.15) is 11.5 Å². The van der Waals surface area contributed by atoms with Crippen LogP contribution in [0.4, 0.5) is 0 Å². The van der Waals surface area contributed by atoms with Gasteiger partial charge in [-0.3, -0.25) is 0 Å². The van der Waals surface area contributed by atoms with E-state index in [1.165, 1.54) is 5.56 Å². The van der Waals surface area contributed by atoms with Gasteiger partial charge in [0, 0.05) is 16.7 Å². The highest BCUT2D eigenvalue weighted by Crippen LogP contribution is 2.54. The summed E-state index contributed by atoms with van der Waals surface area (Å²) in [5, 5.41) is 0. The first-order valence-corrected chi connectivity index (χ1v) is 6.06. The molecule has 3 rings (SSSR count). The molecule has 2 fully saturated rings. The lowest BCUT2D eigenvalue weighted by molar-refractivity contribution is 0.185. The number of fused-ring (bicyclic) bond motifs is 1. The molecule has 0 radical (unpaired) electrons. The van der Waals surface area contributed by atoms with Crippen molar-refractivity contribution in [3.05, 3.63) is 35.9 Å². The highest BCUT2D eigenvalue weighted by molar-refractivity contribution is 9.09. The molecule has 0 bridgehead atoms. The Bertz CT molecular complexity index is 324. The fraction of sp³-hybridized carbons (Fsp3) is 0.500. The van der Waals surface area contributed by atoms with Crippen LogP contribution in [-0.4, -0.2) is 18.0 Å². The largest absolute Gasteiger partial charge is 0.381 e. The topological polar surface area (TPSA) is 9.23 Å². The van der Waals surface area contributed by atoms with Crippen molar-refractivity contribution in [1.82, 2.24) is 0 Å². The van der Waals surface area contributed by atoms with E-state index in [0.717, 1.165) is 25.0 Å². The van der Waals surface area contributed by atoms with Crippen molar-refractivity contribution in [3.63, 3.8) is 0 Å². The van der Waals surface area contributed by atoms with Gasteiger partial charge in [-0.15, -0.1) is 0 Å². The predicted molar refractivity (Wildman–Crippen MR) is 59.7 cm³/mol. The summed E-state index contributed by atoms with van der Waals surface area (Å²) in [5.41, 5.74) is 1.46. The average Bonchev–Trinajstić information content (AvgIpc) is 2.63. The average molecular weight is 253 g/mol. The molecule has 0 amide bonds. The fourth-order valence-corrected chi connectivity index (χ4v) is 3.99. The van der Waals surface area contributed by atoms with Crippen LogP contribution < -0.4 is 0 Å². The van der Waals surface area contributed by atoms with Gasteiger partial charge in [0.15, 0.2) is 0 Å². The summed E-state index contributed by atoms with van der Waals surface area (Å²) >= 11 is 3.79. The van der Waals surface area contributed by atoms with Gasteiger partial charge >= 0.3 is 0 Å². The van der Waals surface area contributed by atoms with E-state index < -0.39 is 0 Å². The number of rotatable bonds is 1. The van der Waals surface area contributed by atoms with E-state index in [4.69, 9.17) is 4.74 Å². The minimum absolute atomic E-state index is 0.623. The summed E-state index contributed by atoms with van der Waals surface area (Å²) in [6.07, 6.45) is 0. The third kappa shape index (κ3) is 1.17. The van der Waals surface area contributed by atoms with Gasteiger partial charge in [-0.1, -0.05) is 46.3 Å². The zero-order valence-electron chi connectivity index (χ0n) is 7.90. The normalized spacial score (nSPS) is 40.4. The Morgan fingerprint density at radius 1 is 1.07 bits per heavy atom. The Kier molecular flexibility index (Phi) is 2.14. The first-order chi connectivity index (χ1) is 6.88. The molecule has 0 N–H and O–H groups in total. The molecular weight excluding hydrogens is 240 g/mol. The number of halogens is 1. The maximum atomic E-state index is 5.52. The molecule has 2 heteroatoms.